The first kappa shape index (κ1) is 14.1. The maximum Gasteiger partial charge on any atom is 0.255 e. The van der Waals surface area contributed by atoms with Gasteiger partial charge in [-0.3, -0.25) is 9.59 Å². The van der Waals surface area contributed by atoms with Crippen LogP contribution in [-0.4, -0.2) is 27.3 Å². The Hall–Kier alpha value is -2.47. The molecule has 0 unspecified atom stereocenters. The van der Waals surface area contributed by atoms with Gasteiger partial charge >= 0.3 is 0 Å². The summed E-state index contributed by atoms with van der Waals surface area (Å²) in [5.41, 5.74) is 1.29. The first-order valence-electron chi connectivity index (χ1n) is 7.57. The van der Waals surface area contributed by atoms with Gasteiger partial charge < -0.3 is 9.88 Å². The number of hydrogen-bond acceptors (Lipinski definition) is 4. The van der Waals surface area contributed by atoms with Gasteiger partial charge in [-0.2, -0.15) is 0 Å². The normalized spacial score (nSPS) is 17.7. The predicted octanol–water partition coefficient (Wildman–Crippen LogP) is 2.96. The van der Waals surface area contributed by atoms with Crippen LogP contribution in [0, 0.1) is 0 Å². The van der Waals surface area contributed by atoms with E-state index in [1.807, 2.05) is 23.1 Å². The van der Waals surface area contributed by atoms with E-state index in [4.69, 9.17) is 4.98 Å². The second kappa shape index (κ2) is 5.62. The van der Waals surface area contributed by atoms with Gasteiger partial charge in [0.1, 0.15) is 5.01 Å². The highest BCUT2D eigenvalue weighted by atomic mass is 32.1. The molecule has 0 radical (unpaired) electrons. The lowest BCUT2D eigenvalue weighted by Gasteiger charge is -2.23. The van der Waals surface area contributed by atoms with Gasteiger partial charge in [-0.05, 0) is 31.0 Å². The number of para-hydroxylation sites is 1. The molecule has 23 heavy (non-hydrogen) atoms. The number of carbonyl (C=O) groups excluding carboxylic acids is 1. The van der Waals surface area contributed by atoms with E-state index in [1.165, 1.54) is 12.3 Å². The second-order valence-corrected chi connectivity index (χ2v) is 6.68. The van der Waals surface area contributed by atoms with Gasteiger partial charge in [0.05, 0.1) is 21.8 Å². The Labute approximate surface area is 136 Å². The maximum absolute atomic E-state index is 12.7. The summed E-state index contributed by atoms with van der Waals surface area (Å²) in [6.07, 6.45) is 3.38. The number of amides is 1. The van der Waals surface area contributed by atoms with Crippen molar-refractivity contribution in [2.24, 2.45) is 0 Å². The molecule has 3 heterocycles. The summed E-state index contributed by atoms with van der Waals surface area (Å²) in [6, 6.07) is 11.0. The molecular weight excluding hydrogens is 310 g/mol. The molecule has 1 N–H and O–H groups in total. The minimum absolute atomic E-state index is 0.0202. The molecule has 2 aromatic heterocycles. The average Bonchev–Trinajstić information content (AvgIpc) is 3.21. The van der Waals surface area contributed by atoms with Crippen molar-refractivity contribution in [3.05, 3.63) is 63.5 Å². The minimum atomic E-state index is -0.203. The molecule has 0 bridgehead atoms. The third-order valence-corrected chi connectivity index (χ3v) is 5.28. The van der Waals surface area contributed by atoms with Crippen LogP contribution in [0.5, 0.6) is 0 Å². The molecule has 1 aliphatic heterocycles. The molecule has 116 valence electrons. The third kappa shape index (κ3) is 2.55. The number of pyridine rings is 1. The first-order valence-corrected chi connectivity index (χ1v) is 8.39. The average molecular weight is 325 g/mol. The molecule has 0 saturated carbocycles. The lowest BCUT2D eigenvalue weighted by molar-refractivity contribution is 0.0735. The van der Waals surface area contributed by atoms with E-state index in [2.05, 4.69) is 11.1 Å². The third-order valence-electron chi connectivity index (χ3n) is 4.14. The van der Waals surface area contributed by atoms with E-state index in [0.717, 1.165) is 34.6 Å². The number of aromatic amines is 1. The fourth-order valence-corrected chi connectivity index (χ4v) is 4.12. The molecular formula is C17H15N3O2S. The summed E-state index contributed by atoms with van der Waals surface area (Å²) in [7, 11) is 0. The van der Waals surface area contributed by atoms with Crippen molar-refractivity contribution in [3.63, 3.8) is 0 Å². The van der Waals surface area contributed by atoms with Crippen LogP contribution in [-0.2, 0) is 0 Å². The Morgan fingerprint density at radius 1 is 1.26 bits per heavy atom. The summed E-state index contributed by atoms with van der Waals surface area (Å²) in [4.78, 5) is 33.0. The Morgan fingerprint density at radius 2 is 2.13 bits per heavy atom. The van der Waals surface area contributed by atoms with Crippen LogP contribution in [0.4, 0.5) is 0 Å². The van der Waals surface area contributed by atoms with Crippen molar-refractivity contribution in [1.29, 1.82) is 0 Å². The van der Waals surface area contributed by atoms with E-state index in [-0.39, 0.29) is 17.5 Å². The lowest BCUT2D eigenvalue weighted by atomic mass is 10.2. The van der Waals surface area contributed by atoms with Gasteiger partial charge in [0.25, 0.3) is 5.91 Å². The van der Waals surface area contributed by atoms with Crippen LogP contribution in [0.25, 0.3) is 10.2 Å². The molecule has 5 nitrogen and oxygen atoms in total. The van der Waals surface area contributed by atoms with Crippen molar-refractivity contribution in [2.45, 2.75) is 18.9 Å². The minimum Gasteiger partial charge on any atom is -0.329 e. The number of benzene rings is 1. The molecule has 1 saturated heterocycles. The van der Waals surface area contributed by atoms with Crippen molar-refractivity contribution >= 4 is 27.5 Å². The van der Waals surface area contributed by atoms with E-state index < -0.39 is 0 Å². The number of carbonyl (C=O) groups is 1. The number of likely N-dealkylation sites (tertiary alicyclic amines) is 1. The van der Waals surface area contributed by atoms with Crippen LogP contribution in [0.15, 0.2) is 47.4 Å². The standard InChI is InChI=1S/C17H15N3O2S/c21-15-8-7-11(10-18-15)17(22)20-9-3-5-13(20)16-19-12-4-1-2-6-14(12)23-16/h1-2,4,6-8,10,13H,3,5,9H2,(H,18,21)/t13-/m1/s1. The van der Waals surface area contributed by atoms with Crippen LogP contribution in [0.1, 0.15) is 34.2 Å². The van der Waals surface area contributed by atoms with Crippen LogP contribution >= 0.6 is 11.3 Å². The number of aromatic nitrogens is 2. The summed E-state index contributed by atoms with van der Waals surface area (Å²) >= 11 is 1.65. The number of nitrogens with zero attached hydrogens (tertiary/aromatic N) is 2. The highest BCUT2D eigenvalue weighted by molar-refractivity contribution is 7.18. The Bertz CT molecular complexity index is 877. The molecule has 0 aliphatic carbocycles. The van der Waals surface area contributed by atoms with Gasteiger partial charge in [-0.15, -0.1) is 11.3 Å². The topological polar surface area (TPSA) is 66.1 Å². The van der Waals surface area contributed by atoms with Crippen molar-refractivity contribution in [1.82, 2.24) is 14.9 Å². The van der Waals surface area contributed by atoms with Gasteiger partial charge in [0.2, 0.25) is 5.56 Å². The quantitative estimate of drug-likeness (QED) is 0.788. The van der Waals surface area contributed by atoms with Gasteiger partial charge in [-0.1, -0.05) is 12.1 Å². The van der Waals surface area contributed by atoms with Crippen LogP contribution in [0.2, 0.25) is 0 Å². The molecule has 1 atom stereocenters. The summed E-state index contributed by atoms with van der Waals surface area (Å²) in [5.74, 6) is -0.0528. The number of rotatable bonds is 2. The highest BCUT2D eigenvalue weighted by Gasteiger charge is 2.32. The lowest BCUT2D eigenvalue weighted by Crippen LogP contribution is -2.30. The highest BCUT2D eigenvalue weighted by Crippen LogP contribution is 2.37. The zero-order valence-electron chi connectivity index (χ0n) is 12.4. The molecule has 0 spiro atoms. The fraction of sp³-hybridized carbons (Fsp3) is 0.235. The summed E-state index contributed by atoms with van der Waals surface area (Å²) in [6.45, 7) is 0.721. The number of H-pyrrole nitrogens is 1. The monoisotopic (exact) mass is 325 g/mol. The van der Waals surface area contributed by atoms with Crippen molar-refractivity contribution in [3.8, 4) is 0 Å². The Balaban J connectivity index is 1.67. The van der Waals surface area contributed by atoms with Gasteiger partial charge in [0, 0.05) is 18.8 Å². The molecule has 1 aromatic carbocycles. The zero-order valence-corrected chi connectivity index (χ0v) is 13.2. The molecule has 6 heteroatoms. The molecule has 1 fully saturated rings. The van der Waals surface area contributed by atoms with Gasteiger partial charge in [-0.25, -0.2) is 4.98 Å². The molecule has 1 amide bonds. The van der Waals surface area contributed by atoms with E-state index in [1.54, 1.807) is 17.4 Å². The second-order valence-electron chi connectivity index (χ2n) is 5.62. The SMILES string of the molecule is O=C(c1ccc(=O)[nH]c1)N1CCC[C@@H]1c1nc2ccccc2s1. The summed E-state index contributed by atoms with van der Waals surface area (Å²) in [5, 5.41) is 0.987. The smallest absolute Gasteiger partial charge is 0.255 e. The van der Waals surface area contributed by atoms with Crippen LogP contribution < -0.4 is 5.56 Å². The van der Waals surface area contributed by atoms with Crippen molar-refractivity contribution < 1.29 is 4.79 Å². The number of hydrogen-bond donors (Lipinski definition) is 1. The fourth-order valence-electron chi connectivity index (χ4n) is 3.01. The number of thiazole rings is 1. The summed E-state index contributed by atoms with van der Waals surface area (Å²) < 4.78 is 1.14. The largest absolute Gasteiger partial charge is 0.329 e. The molecule has 3 aromatic rings. The van der Waals surface area contributed by atoms with E-state index in [0.29, 0.717) is 5.56 Å². The number of nitrogens with one attached hydrogen (secondary N) is 1. The van der Waals surface area contributed by atoms with E-state index >= 15 is 0 Å². The van der Waals surface area contributed by atoms with E-state index in [9.17, 15) is 9.59 Å². The van der Waals surface area contributed by atoms with Crippen molar-refractivity contribution in [2.75, 3.05) is 6.54 Å². The van der Waals surface area contributed by atoms with Gasteiger partial charge in [0.15, 0.2) is 0 Å². The first-order chi connectivity index (χ1) is 11.2. The molecule has 4 rings (SSSR count). The van der Waals surface area contributed by atoms with Crippen LogP contribution in [0.3, 0.4) is 0 Å². The zero-order chi connectivity index (χ0) is 15.8. The maximum atomic E-state index is 12.7. The number of fused-ring (bicyclic) bond motifs is 1. The Morgan fingerprint density at radius 3 is 2.91 bits per heavy atom. The predicted molar refractivity (Wildman–Crippen MR) is 89.7 cm³/mol. The Kier molecular flexibility index (Phi) is 3.46. The molecule has 1 aliphatic rings.